The highest BCUT2D eigenvalue weighted by atomic mass is 16.5. The first-order valence-corrected chi connectivity index (χ1v) is 8.35. The van der Waals surface area contributed by atoms with Gasteiger partial charge in [0.15, 0.2) is 5.96 Å². The van der Waals surface area contributed by atoms with Crippen molar-refractivity contribution in [3.8, 4) is 0 Å². The Morgan fingerprint density at radius 1 is 1.23 bits per heavy atom. The molecule has 1 heterocycles. The number of pyridine rings is 1. The van der Waals surface area contributed by atoms with Crippen LogP contribution in [0.15, 0.2) is 29.5 Å². The molecule has 124 valence electrons. The first kappa shape index (κ1) is 18.4. The van der Waals surface area contributed by atoms with Gasteiger partial charge < -0.3 is 15.4 Å². The van der Waals surface area contributed by atoms with Crippen LogP contribution in [0.25, 0.3) is 0 Å². The highest BCUT2D eigenvalue weighted by Gasteiger charge is 1.97. The third-order valence-corrected chi connectivity index (χ3v) is 3.13. The second-order valence-electron chi connectivity index (χ2n) is 5.12. The second-order valence-corrected chi connectivity index (χ2v) is 5.12. The van der Waals surface area contributed by atoms with E-state index in [2.05, 4.69) is 40.5 Å². The van der Waals surface area contributed by atoms with Crippen molar-refractivity contribution >= 4 is 5.96 Å². The lowest BCUT2D eigenvalue weighted by molar-refractivity contribution is 0.130. The number of hydrogen-bond donors (Lipinski definition) is 2. The Labute approximate surface area is 134 Å². The Bertz CT molecular complexity index is 395. The molecule has 0 atom stereocenters. The first-order chi connectivity index (χ1) is 10.9. The van der Waals surface area contributed by atoms with Crippen LogP contribution in [0.2, 0.25) is 0 Å². The third kappa shape index (κ3) is 9.34. The Balaban J connectivity index is 2.18. The summed E-state index contributed by atoms with van der Waals surface area (Å²) in [5.74, 6) is 0.875. The number of nitrogens with one attached hydrogen (secondary N) is 2. The molecule has 0 unspecified atom stereocenters. The van der Waals surface area contributed by atoms with Crippen molar-refractivity contribution in [1.82, 2.24) is 15.6 Å². The van der Waals surface area contributed by atoms with Gasteiger partial charge in [0.05, 0.1) is 0 Å². The summed E-state index contributed by atoms with van der Waals surface area (Å²) in [5, 5.41) is 6.61. The van der Waals surface area contributed by atoms with Crippen LogP contribution in [0.3, 0.4) is 0 Å². The van der Waals surface area contributed by atoms with E-state index in [1.165, 1.54) is 12.0 Å². The molecule has 0 radical (unpaired) electrons. The van der Waals surface area contributed by atoms with E-state index in [4.69, 9.17) is 4.74 Å². The highest BCUT2D eigenvalue weighted by molar-refractivity contribution is 5.79. The molecule has 0 saturated heterocycles. The molecule has 2 N–H and O–H groups in total. The standard InChI is InChI=1S/C17H30N4O/c1-3-5-13-22-14-7-11-20-17(19-4-2)21-12-9-16-8-6-10-18-15-16/h6,8,10,15H,3-5,7,9,11-14H2,1-2H3,(H2,19,20,21). The number of hydrogen-bond acceptors (Lipinski definition) is 3. The quantitative estimate of drug-likeness (QED) is 0.374. The first-order valence-electron chi connectivity index (χ1n) is 8.35. The van der Waals surface area contributed by atoms with Crippen molar-refractivity contribution < 1.29 is 4.74 Å². The lowest BCUT2D eigenvalue weighted by Gasteiger charge is -2.11. The van der Waals surface area contributed by atoms with Crippen LogP contribution in [0.5, 0.6) is 0 Å². The molecule has 0 spiro atoms. The van der Waals surface area contributed by atoms with Gasteiger partial charge in [0.1, 0.15) is 0 Å². The predicted octanol–water partition coefficient (Wildman–Crippen LogP) is 2.39. The molecular weight excluding hydrogens is 276 g/mol. The maximum absolute atomic E-state index is 5.54. The normalized spacial score (nSPS) is 11.5. The molecule has 0 bridgehead atoms. The van der Waals surface area contributed by atoms with Gasteiger partial charge >= 0.3 is 0 Å². The van der Waals surface area contributed by atoms with E-state index >= 15 is 0 Å². The summed E-state index contributed by atoms with van der Waals surface area (Å²) < 4.78 is 5.54. The van der Waals surface area contributed by atoms with Crippen LogP contribution in [0.4, 0.5) is 0 Å². The topological polar surface area (TPSA) is 58.5 Å². The van der Waals surface area contributed by atoms with Gasteiger partial charge in [0.2, 0.25) is 0 Å². The van der Waals surface area contributed by atoms with E-state index in [-0.39, 0.29) is 0 Å². The smallest absolute Gasteiger partial charge is 0.191 e. The number of aromatic nitrogens is 1. The monoisotopic (exact) mass is 306 g/mol. The molecule has 1 aromatic heterocycles. The summed E-state index contributed by atoms with van der Waals surface area (Å²) in [6.07, 6.45) is 7.93. The van der Waals surface area contributed by atoms with Crippen LogP contribution in [-0.2, 0) is 11.2 Å². The number of guanidine groups is 1. The fraction of sp³-hybridized carbons (Fsp3) is 0.647. The minimum Gasteiger partial charge on any atom is -0.381 e. The zero-order valence-corrected chi connectivity index (χ0v) is 14.0. The van der Waals surface area contributed by atoms with E-state index < -0.39 is 0 Å². The van der Waals surface area contributed by atoms with Gasteiger partial charge in [0.25, 0.3) is 0 Å². The zero-order chi connectivity index (χ0) is 15.9. The summed E-state index contributed by atoms with van der Waals surface area (Å²) in [6, 6.07) is 4.06. The van der Waals surface area contributed by atoms with Crippen molar-refractivity contribution in [2.45, 2.75) is 39.5 Å². The SMILES string of the molecule is CCCCOCCCN=C(NCC)NCCc1cccnc1. The number of unbranched alkanes of at least 4 members (excludes halogenated alkanes) is 1. The van der Waals surface area contributed by atoms with E-state index in [9.17, 15) is 0 Å². The minimum atomic E-state index is 0.786. The van der Waals surface area contributed by atoms with Crippen LogP contribution in [-0.4, -0.2) is 43.8 Å². The summed E-state index contributed by atoms with van der Waals surface area (Å²) in [6.45, 7) is 8.41. The van der Waals surface area contributed by atoms with Gasteiger partial charge in [-0.3, -0.25) is 9.98 Å². The Morgan fingerprint density at radius 3 is 2.82 bits per heavy atom. The van der Waals surface area contributed by atoms with Crippen molar-refractivity contribution in [1.29, 1.82) is 0 Å². The Morgan fingerprint density at radius 2 is 2.09 bits per heavy atom. The van der Waals surface area contributed by atoms with E-state index in [0.29, 0.717) is 0 Å². The number of nitrogens with zero attached hydrogens (tertiary/aromatic N) is 2. The van der Waals surface area contributed by atoms with E-state index in [1.807, 2.05) is 12.3 Å². The molecule has 22 heavy (non-hydrogen) atoms. The lowest BCUT2D eigenvalue weighted by Crippen LogP contribution is -2.38. The van der Waals surface area contributed by atoms with Gasteiger partial charge in [-0.05, 0) is 37.8 Å². The number of aliphatic imine (C=N–C) groups is 1. The Hall–Kier alpha value is -1.62. The van der Waals surface area contributed by atoms with E-state index in [1.54, 1.807) is 6.20 Å². The fourth-order valence-corrected chi connectivity index (χ4v) is 1.92. The van der Waals surface area contributed by atoms with Gasteiger partial charge in [-0.2, -0.15) is 0 Å². The van der Waals surface area contributed by atoms with Crippen molar-refractivity contribution in [2.24, 2.45) is 4.99 Å². The molecule has 0 aliphatic heterocycles. The molecule has 1 aromatic rings. The van der Waals surface area contributed by atoms with Crippen LogP contribution in [0, 0.1) is 0 Å². The highest BCUT2D eigenvalue weighted by Crippen LogP contribution is 1.95. The molecule has 0 aromatic carbocycles. The summed E-state index contributed by atoms with van der Waals surface area (Å²) >= 11 is 0. The molecule has 1 rings (SSSR count). The van der Waals surface area contributed by atoms with Crippen molar-refractivity contribution in [3.05, 3.63) is 30.1 Å². The van der Waals surface area contributed by atoms with Crippen LogP contribution >= 0.6 is 0 Å². The van der Waals surface area contributed by atoms with Crippen molar-refractivity contribution in [2.75, 3.05) is 32.8 Å². The van der Waals surface area contributed by atoms with Crippen molar-refractivity contribution in [3.63, 3.8) is 0 Å². The summed E-state index contributed by atoms with van der Waals surface area (Å²) in [7, 11) is 0. The van der Waals surface area contributed by atoms with Gasteiger partial charge in [0, 0.05) is 45.2 Å². The largest absolute Gasteiger partial charge is 0.381 e. The molecule has 0 aliphatic rings. The second kappa shape index (κ2) is 13.1. The summed E-state index contributed by atoms with van der Waals surface area (Å²) in [5.41, 5.74) is 1.23. The molecule has 0 aliphatic carbocycles. The molecule has 0 fully saturated rings. The van der Waals surface area contributed by atoms with Crippen LogP contribution < -0.4 is 10.6 Å². The Kier molecular flexibility index (Phi) is 10.9. The minimum absolute atomic E-state index is 0.786. The third-order valence-electron chi connectivity index (χ3n) is 3.13. The molecule has 0 saturated carbocycles. The molecule has 5 nitrogen and oxygen atoms in total. The zero-order valence-electron chi connectivity index (χ0n) is 14.0. The van der Waals surface area contributed by atoms with Gasteiger partial charge in [-0.25, -0.2) is 0 Å². The molecular formula is C17H30N4O. The predicted molar refractivity (Wildman–Crippen MR) is 92.3 cm³/mol. The average molecular weight is 306 g/mol. The summed E-state index contributed by atoms with van der Waals surface area (Å²) in [4.78, 5) is 8.68. The van der Waals surface area contributed by atoms with Gasteiger partial charge in [-0.15, -0.1) is 0 Å². The van der Waals surface area contributed by atoms with Gasteiger partial charge in [-0.1, -0.05) is 19.4 Å². The van der Waals surface area contributed by atoms with Crippen LogP contribution in [0.1, 0.15) is 38.7 Å². The lowest BCUT2D eigenvalue weighted by atomic mass is 10.2. The fourth-order valence-electron chi connectivity index (χ4n) is 1.92. The average Bonchev–Trinajstić information content (AvgIpc) is 2.55. The maximum atomic E-state index is 5.54. The molecule has 5 heteroatoms. The maximum Gasteiger partial charge on any atom is 0.191 e. The number of ether oxygens (including phenoxy) is 1. The van der Waals surface area contributed by atoms with E-state index in [0.717, 1.165) is 58.1 Å². The number of rotatable bonds is 11. The molecule has 0 amide bonds.